The molecule has 1 atom stereocenters. The lowest BCUT2D eigenvalue weighted by Gasteiger charge is -2.27. The molecule has 2 heteroatoms. The van der Waals surface area contributed by atoms with Gasteiger partial charge >= 0.3 is 0 Å². The monoisotopic (exact) mass is 154 g/mol. The summed E-state index contributed by atoms with van der Waals surface area (Å²) in [6, 6.07) is 0.500. The molecule has 0 saturated heterocycles. The molecule has 0 radical (unpaired) electrons. The molecule has 64 valence electrons. The van der Waals surface area contributed by atoms with E-state index < -0.39 is 0 Å². The van der Waals surface area contributed by atoms with Gasteiger partial charge in [-0.1, -0.05) is 19.3 Å². The van der Waals surface area contributed by atoms with Gasteiger partial charge in [-0.15, -0.1) is 0 Å². The molecule has 0 aliphatic heterocycles. The Morgan fingerprint density at radius 3 is 2.55 bits per heavy atom. The molecule has 1 unspecified atom stereocenters. The summed E-state index contributed by atoms with van der Waals surface area (Å²) >= 11 is 0. The minimum Gasteiger partial charge on any atom is -0.387 e. The van der Waals surface area contributed by atoms with Gasteiger partial charge in [0.25, 0.3) is 0 Å². The highest BCUT2D eigenvalue weighted by molar-refractivity contribution is 6.11. The molecule has 1 aliphatic carbocycles. The Morgan fingerprint density at radius 1 is 1.36 bits per heavy atom. The van der Waals surface area contributed by atoms with Crippen LogP contribution < -0.4 is 0 Å². The maximum absolute atomic E-state index is 5.58. The summed E-state index contributed by atoms with van der Waals surface area (Å²) in [5, 5.41) is 0. The van der Waals surface area contributed by atoms with Crippen LogP contribution in [0, 0.1) is 5.92 Å². The summed E-state index contributed by atoms with van der Waals surface area (Å²) in [6.45, 7) is 2.96. The van der Waals surface area contributed by atoms with E-state index in [0.717, 1.165) is 12.5 Å². The average molecular weight is 154 g/mol. The molecule has 1 aliphatic rings. The van der Waals surface area contributed by atoms with Crippen LogP contribution in [0.1, 0.15) is 39.0 Å². The lowest BCUT2D eigenvalue weighted by atomic mass is 9.77. The van der Waals surface area contributed by atoms with Crippen molar-refractivity contribution in [2.24, 2.45) is 5.92 Å². The van der Waals surface area contributed by atoms with E-state index in [0.29, 0.717) is 6.00 Å². The summed E-state index contributed by atoms with van der Waals surface area (Å²) in [4.78, 5) is 0. The number of rotatable bonds is 3. The average Bonchev–Trinajstić information content (AvgIpc) is 2.07. The SMILES string of the molecule is BC(OCC)C1CCCCC1. The Labute approximate surface area is 70.9 Å². The molecular formula is C9H19BO. The molecule has 1 rings (SSSR count). The van der Waals surface area contributed by atoms with Crippen LogP contribution in [0.2, 0.25) is 0 Å². The maximum atomic E-state index is 5.58. The van der Waals surface area contributed by atoms with Crippen molar-refractivity contribution in [1.82, 2.24) is 0 Å². The zero-order chi connectivity index (χ0) is 8.10. The predicted molar refractivity (Wildman–Crippen MR) is 50.5 cm³/mol. The van der Waals surface area contributed by atoms with E-state index in [4.69, 9.17) is 4.74 Å². The van der Waals surface area contributed by atoms with Crippen molar-refractivity contribution in [3.8, 4) is 0 Å². The highest BCUT2D eigenvalue weighted by Crippen LogP contribution is 2.26. The molecule has 0 N–H and O–H groups in total. The normalized spacial score (nSPS) is 23.4. The Balaban J connectivity index is 2.21. The van der Waals surface area contributed by atoms with E-state index in [9.17, 15) is 0 Å². The lowest BCUT2D eigenvalue weighted by Crippen LogP contribution is -2.26. The van der Waals surface area contributed by atoms with Gasteiger partial charge in [-0.05, 0) is 25.7 Å². The minimum absolute atomic E-state index is 0.500. The first-order valence-electron chi connectivity index (χ1n) is 4.96. The molecule has 0 aromatic rings. The molecule has 1 nitrogen and oxygen atoms in total. The van der Waals surface area contributed by atoms with Crippen LogP contribution in [0.25, 0.3) is 0 Å². The Hall–Kier alpha value is 0.0249. The van der Waals surface area contributed by atoms with Crippen molar-refractivity contribution in [2.45, 2.75) is 45.0 Å². The van der Waals surface area contributed by atoms with Crippen LogP contribution in [0.5, 0.6) is 0 Å². The zero-order valence-electron chi connectivity index (χ0n) is 7.81. The van der Waals surface area contributed by atoms with Gasteiger partial charge in [-0.3, -0.25) is 0 Å². The fourth-order valence-corrected chi connectivity index (χ4v) is 2.00. The predicted octanol–water partition coefficient (Wildman–Crippen LogP) is 1.56. The van der Waals surface area contributed by atoms with Crippen molar-refractivity contribution < 1.29 is 4.74 Å². The van der Waals surface area contributed by atoms with Crippen LogP contribution in [-0.4, -0.2) is 20.5 Å². The Bertz CT molecular complexity index is 99.7. The summed E-state index contributed by atoms with van der Waals surface area (Å²) in [6.07, 6.45) is 7.06. The highest BCUT2D eigenvalue weighted by atomic mass is 16.5. The molecule has 0 heterocycles. The first-order chi connectivity index (χ1) is 5.34. The van der Waals surface area contributed by atoms with E-state index in [1.54, 1.807) is 0 Å². The van der Waals surface area contributed by atoms with Crippen LogP contribution >= 0.6 is 0 Å². The van der Waals surface area contributed by atoms with Gasteiger partial charge in [0.05, 0.1) is 0 Å². The largest absolute Gasteiger partial charge is 0.387 e. The molecule has 1 fully saturated rings. The molecule has 0 aromatic heterocycles. The molecule has 0 amide bonds. The zero-order valence-corrected chi connectivity index (χ0v) is 7.81. The highest BCUT2D eigenvalue weighted by Gasteiger charge is 2.19. The molecular weight excluding hydrogens is 135 g/mol. The molecule has 11 heavy (non-hydrogen) atoms. The van der Waals surface area contributed by atoms with Gasteiger partial charge in [0, 0.05) is 12.6 Å². The topological polar surface area (TPSA) is 9.23 Å². The van der Waals surface area contributed by atoms with E-state index in [2.05, 4.69) is 14.8 Å². The van der Waals surface area contributed by atoms with Gasteiger partial charge in [-0.25, -0.2) is 0 Å². The quantitative estimate of drug-likeness (QED) is 0.560. The van der Waals surface area contributed by atoms with Crippen LogP contribution in [0.4, 0.5) is 0 Å². The second-order valence-corrected chi connectivity index (χ2v) is 3.56. The van der Waals surface area contributed by atoms with Gasteiger partial charge in [0.1, 0.15) is 7.85 Å². The Morgan fingerprint density at radius 2 is 2.00 bits per heavy atom. The Kier molecular flexibility index (Phi) is 3.99. The lowest BCUT2D eigenvalue weighted by molar-refractivity contribution is 0.0626. The third-order valence-corrected chi connectivity index (χ3v) is 2.74. The molecule has 0 aromatic carbocycles. The van der Waals surface area contributed by atoms with E-state index >= 15 is 0 Å². The summed E-state index contributed by atoms with van der Waals surface area (Å²) in [5.41, 5.74) is 0. The van der Waals surface area contributed by atoms with Crippen molar-refractivity contribution in [2.75, 3.05) is 6.61 Å². The maximum Gasteiger partial charge on any atom is 0.139 e. The number of hydrogen-bond acceptors (Lipinski definition) is 1. The second-order valence-electron chi connectivity index (χ2n) is 3.56. The van der Waals surface area contributed by atoms with E-state index in [-0.39, 0.29) is 0 Å². The van der Waals surface area contributed by atoms with Gasteiger partial charge in [0.2, 0.25) is 0 Å². The summed E-state index contributed by atoms with van der Waals surface area (Å²) in [5.74, 6) is 0.851. The minimum atomic E-state index is 0.500. The number of hydrogen-bond donors (Lipinski definition) is 0. The third-order valence-electron chi connectivity index (χ3n) is 2.74. The smallest absolute Gasteiger partial charge is 0.139 e. The fourth-order valence-electron chi connectivity index (χ4n) is 2.00. The van der Waals surface area contributed by atoms with E-state index in [1.165, 1.54) is 32.1 Å². The molecule has 0 spiro atoms. The van der Waals surface area contributed by atoms with Gasteiger partial charge in [0.15, 0.2) is 0 Å². The van der Waals surface area contributed by atoms with Gasteiger partial charge in [-0.2, -0.15) is 0 Å². The van der Waals surface area contributed by atoms with Gasteiger partial charge < -0.3 is 4.74 Å². The summed E-state index contributed by atoms with van der Waals surface area (Å²) in [7, 11) is 2.22. The van der Waals surface area contributed by atoms with E-state index in [1.807, 2.05) is 0 Å². The summed E-state index contributed by atoms with van der Waals surface area (Å²) < 4.78 is 5.58. The second kappa shape index (κ2) is 4.81. The number of ether oxygens (including phenoxy) is 1. The third kappa shape index (κ3) is 2.86. The molecule has 0 bridgehead atoms. The standard InChI is InChI=1S/C9H19BO/c1-2-11-9(10)8-6-4-3-5-7-8/h8-9H,2-7,10H2,1H3. The molecule has 1 saturated carbocycles. The van der Waals surface area contributed by atoms with Crippen molar-refractivity contribution in [1.29, 1.82) is 0 Å². The first kappa shape index (κ1) is 9.12. The van der Waals surface area contributed by atoms with Crippen molar-refractivity contribution in [3.63, 3.8) is 0 Å². The first-order valence-corrected chi connectivity index (χ1v) is 4.96. The van der Waals surface area contributed by atoms with Crippen LogP contribution in [0.3, 0.4) is 0 Å². The fraction of sp³-hybridized carbons (Fsp3) is 1.00. The van der Waals surface area contributed by atoms with Crippen LogP contribution in [0.15, 0.2) is 0 Å². The van der Waals surface area contributed by atoms with Crippen molar-refractivity contribution >= 4 is 7.85 Å². The van der Waals surface area contributed by atoms with Crippen molar-refractivity contribution in [3.05, 3.63) is 0 Å². The van der Waals surface area contributed by atoms with Crippen LogP contribution in [-0.2, 0) is 4.74 Å².